The minimum Gasteiger partial charge on any atom is -0.323 e. The van der Waals surface area contributed by atoms with Crippen LogP contribution in [0.2, 0.25) is 0 Å². The summed E-state index contributed by atoms with van der Waals surface area (Å²) in [6.07, 6.45) is 5.68. The van der Waals surface area contributed by atoms with Gasteiger partial charge < -0.3 is 5.32 Å². The topological polar surface area (TPSA) is 72.7 Å². The Morgan fingerprint density at radius 3 is 2.96 bits per heavy atom. The van der Waals surface area contributed by atoms with Crippen molar-refractivity contribution in [1.29, 1.82) is 0 Å². The molecule has 1 aliphatic rings. The number of aryl methyl sites for hydroxylation is 1. The van der Waals surface area contributed by atoms with E-state index in [1.807, 2.05) is 24.3 Å². The number of carbonyl (C=O) groups excluding carboxylic acids is 1. The highest BCUT2D eigenvalue weighted by molar-refractivity contribution is 8.00. The molecule has 1 aliphatic heterocycles. The molecule has 1 atom stereocenters. The largest absolute Gasteiger partial charge is 0.323 e. The van der Waals surface area contributed by atoms with Crippen LogP contribution in [0, 0.1) is 0 Å². The SMILES string of the molecule is O=C(Nc1ccc(-n2cncn2)nc1)C1SCCc2ccccc21. The van der Waals surface area contributed by atoms with Gasteiger partial charge in [0.2, 0.25) is 5.91 Å². The lowest BCUT2D eigenvalue weighted by molar-refractivity contribution is -0.115. The number of benzene rings is 1. The third kappa shape index (κ3) is 2.90. The van der Waals surface area contributed by atoms with E-state index in [1.54, 1.807) is 35.0 Å². The van der Waals surface area contributed by atoms with E-state index < -0.39 is 0 Å². The fourth-order valence-corrected chi connectivity index (χ4v) is 3.93. The van der Waals surface area contributed by atoms with Crippen LogP contribution in [0.5, 0.6) is 0 Å². The smallest absolute Gasteiger partial charge is 0.242 e. The minimum absolute atomic E-state index is 0.0116. The molecule has 120 valence electrons. The average Bonchev–Trinajstić information content (AvgIpc) is 3.16. The van der Waals surface area contributed by atoms with Gasteiger partial charge >= 0.3 is 0 Å². The highest BCUT2D eigenvalue weighted by Crippen LogP contribution is 2.37. The maximum atomic E-state index is 12.7. The maximum Gasteiger partial charge on any atom is 0.242 e. The van der Waals surface area contributed by atoms with Gasteiger partial charge in [-0.3, -0.25) is 4.79 Å². The van der Waals surface area contributed by atoms with Crippen molar-refractivity contribution in [3.05, 3.63) is 66.4 Å². The van der Waals surface area contributed by atoms with Gasteiger partial charge in [-0.2, -0.15) is 5.10 Å². The Labute approximate surface area is 143 Å². The zero-order valence-corrected chi connectivity index (χ0v) is 13.6. The van der Waals surface area contributed by atoms with Crippen molar-refractivity contribution in [3.63, 3.8) is 0 Å². The van der Waals surface area contributed by atoms with Gasteiger partial charge in [-0.15, -0.1) is 11.8 Å². The highest BCUT2D eigenvalue weighted by atomic mass is 32.2. The number of pyridine rings is 1. The number of thioether (sulfide) groups is 1. The molecule has 7 heteroatoms. The molecule has 0 saturated carbocycles. The summed E-state index contributed by atoms with van der Waals surface area (Å²) < 4.78 is 1.57. The summed E-state index contributed by atoms with van der Waals surface area (Å²) in [5.41, 5.74) is 3.04. The summed E-state index contributed by atoms with van der Waals surface area (Å²) in [7, 11) is 0. The van der Waals surface area contributed by atoms with E-state index in [9.17, 15) is 4.79 Å². The van der Waals surface area contributed by atoms with Crippen molar-refractivity contribution in [2.45, 2.75) is 11.7 Å². The zero-order chi connectivity index (χ0) is 16.4. The fourth-order valence-electron chi connectivity index (χ4n) is 2.74. The molecule has 1 N–H and O–H groups in total. The van der Waals surface area contributed by atoms with Crippen LogP contribution in [0.1, 0.15) is 16.4 Å². The van der Waals surface area contributed by atoms with Crippen molar-refractivity contribution in [2.75, 3.05) is 11.1 Å². The van der Waals surface area contributed by atoms with E-state index in [0.29, 0.717) is 11.5 Å². The Hall–Kier alpha value is -2.67. The molecule has 0 radical (unpaired) electrons. The fraction of sp³-hybridized carbons (Fsp3) is 0.176. The molecule has 6 nitrogen and oxygen atoms in total. The first-order valence-corrected chi connectivity index (χ1v) is 8.67. The zero-order valence-electron chi connectivity index (χ0n) is 12.8. The lowest BCUT2D eigenvalue weighted by Gasteiger charge is -2.24. The number of amides is 1. The van der Waals surface area contributed by atoms with Crippen molar-refractivity contribution in [1.82, 2.24) is 19.7 Å². The van der Waals surface area contributed by atoms with E-state index in [-0.39, 0.29) is 11.2 Å². The molecule has 3 aromatic rings. The Morgan fingerprint density at radius 1 is 1.25 bits per heavy atom. The van der Waals surface area contributed by atoms with Crippen LogP contribution >= 0.6 is 11.8 Å². The number of nitrogens with zero attached hydrogens (tertiary/aromatic N) is 4. The van der Waals surface area contributed by atoms with Gasteiger partial charge in [-0.1, -0.05) is 24.3 Å². The Balaban J connectivity index is 1.51. The van der Waals surface area contributed by atoms with Crippen molar-refractivity contribution < 1.29 is 4.79 Å². The summed E-state index contributed by atoms with van der Waals surface area (Å²) in [5, 5.41) is 6.81. The van der Waals surface area contributed by atoms with Crippen LogP contribution in [-0.4, -0.2) is 31.4 Å². The Kier molecular flexibility index (Phi) is 4.00. The van der Waals surface area contributed by atoms with E-state index in [4.69, 9.17) is 0 Å². The van der Waals surface area contributed by atoms with Crippen molar-refractivity contribution in [3.8, 4) is 5.82 Å². The molecule has 0 bridgehead atoms. The van der Waals surface area contributed by atoms with Gasteiger partial charge in [0.1, 0.15) is 17.9 Å². The molecule has 3 heterocycles. The number of rotatable bonds is 3. The van der Waals surface area contributed by atoms with Gasteiger partial charge in [-0.05, 0) is 35.4 Å². The van der Waals surface area contributed by atoms with E-state index in [1.165, 1.54) is 11.9 Å². The maximum absolute atomic E-state index is 12.7. The second kappa shape index (κ2) is 6.45. The Morgan fingerprint density at radius 2 is 2.17 bits per heavy atom. The standard InChI is InChI=1S/C17H15N5OS/c23-17(16-14-4-2-1-3-12(14)7-8-24-16)21-13-5-6-15(19-9-13)22-11-18-10-20-22/h1-6,9-11,16H,7-8H2,(H,21,23). The third-order valence-electron chi connectivity index (χ3n) is 3.90. The summed E-state index contributed by atoms with van der Waals surface area (Å²) in [6.45, 7) is 0. The molecule has 1 aromatic carbocycles. The number of carbonyl (C=O) groups is 1. The highest BCUT2D eigenvalue weighted by Gasteiger charge is 2.26. The molecule has 0 fully saturated rings. The number of anilines is 1. The lowest BCUT2D eigenvalue weighted by atomic mass is 10.0. The molecule has 0 spiro atoms. The molecule has 0 aliphatic carbocycles. The molecule has 4 rings (SSSR count). The van der Waals surface area contributed by atoms with Crippen LogP contribution < -0.4 is 5.32 Å². The third-order valence-corrected chi connectivity index (χ3v) is 5.14. The molecular formula is C17H15N5OS. The summed E-state index contributed by atoms with van der Waals surface area (Å²) in [5.74, 6) is 1.60. The molecule has 1 amide bonds. The first-order valence-electron chi connectivity index (χ1n) is 7.62. The van der Waals surface area contributed by atoms with Gasteiger partial charge in [0.05, 0.1) is 11.9 Å². The minimum atomic E-state index is -0.176. The van der Waals surface area contributed by atoms with Crippen LogP contribution in [0.3, 0.4) is 0 Å². The molecule has 24 heavy (non-hydrogen) atoms. The van der Waals surface area contributed by atoms with Crippen LogP contribution in [-0.2, 0) is 11.2 Å². The normalized spacial score (nSPS) is 16.4. The van der Waals surface area contributed by atoms with Crippen LogP contribution in [0.25, 0.3) is 5.82 Å². The van der Waals surface area contributed by atoms with Crippen molar-refractivity contribution >= 4 is 23.4 Å². The second-order valence-corrected chi connectivity index (χ2v) is 6.65. The molecule has 0 saturated heterocycles. The summed E-state index contributed by atoms with van der Waals surface area (Å²) >= 11 is 1.68. The second-order valence-electron chi connectivity index (χ2n) is 5.43. The monoisotopic (exact) mass is 337 g/mol. The predicted molar refractivity (Wildman–Crippen MR) is 93.1 cm³/mol. The first-order chi connectivity index (χ1) is 11.8. The lowest BCUT2D eigenvalue weighted by Crippen LogP contribution is -2.23. The molecular weight excluding hydrogens is 322 g/mol. The van der Waals surface area contributed by atoms with Gasteiger partial charge in [0.15, 0.2) is 5.82 Å². The van der Waals surface area contributed by atoms with Crippen molar-refractivity contribution in [2.24, 2.45) is 0 Å². The van der Waals surface area contributed by atoms with Gasteiger partial charge in [0.25, 0.3) is 0 Å². The summed E-state index contributed by atoms with van der Waals surface area (Å²) in [6, 6.07) is 11.8. The number of nitrogens with one attached hydrogen (secondary N) is 1. The summed E-state index contributed by atoms with van der Waals surface area (Å²) in [4.78, 5) is 20.9. The van der Waals surface area contributed by atoms with Crippen LogP contribution in [0.15, 0.2) is 55.2 Å². The number of aromatic nitrogens is 4. The number of hydrogen-bond acceptors (Lipinski definition) is 5. The van der Waals surface area contributed by atoms with Crippen LogP contribution in [0.4, 0.5) is 5.69 Å². The van der Waals surface area contributed by atoms with E-state index in [2.05, 4.69) is 26.4 Å². The van der Waals surface area contributed by atoms with Gasteiger partial charge in [0, 0.05) is 0 Å². The molecule has 2 aromatic heterocycles. The van der Waals surface area contributed by atoms with Gasteiger partial charge in [-0.25, -0.2) is 14.6 Å². The number of fused-ring (bicyclic) bond motifs is 1. The van der Waals surface area contributed by atoms with E-state index in [0.717, 1.165) is 17.7 Å². The van der Waals surface area contributed by atoms with E-state index >= 15 is 0 Å². The Bertz CT molecular complexity index is 848. The average molecular weight is 337 g/mol. The quantitative estimate of drug-likeness (QED) is 0.795. The molecule has 1 unspecified atom stereocenters. The number of hydrogen-bond donors (Lipinski definition) is 1. The predicted octanol–water partition coefficient (Wildman–Crippen LogP) is 2.63. The first kappa shape index (κ1) is 14.9.